The number of benzene rings is 2. The predicted molar refractivity (Wildman–Crippen MR) is 114 cm³/mol. The highest BCUT2D eigenvalue weighted by Gasteiger charge is 2.39. The Hall–Kier alpha value is -2.44. The standard InChI is InChI=1S/C23H29FN4O/c1-25-23(27-21-15-20(21)17-5-3-2-4-6-17)26-16-22(28-11-13-29-14-12-28)18-7-9-19(24)10-8-18/h2-10,20-22H,11-16H2,1H3,(H2,25,26,27). The van der Waals surface area contributed by atoms with Gasteiger partial charge in [-0.05, 0) is 29.7 Å². The number of nitrogens with one attached hydrogen (secondary N) is 2. The van der Waals surface area contributed by atoms with Crippen LogP contribution in [0.2, 0.25) is 0 Å². The zero-order valence-corrected chi connectivity index (χ0v) is 16.9. The summed E-state index contributed by atoms with van der Waals surface area (Å²) in [4.78, 5) is 6.80. The third-order valence-electron chi connectivity index (χ3n) is 5.77. The average molecular weight is 397 g/mol. The minimum atomic E-state index is -0.208. The second-order valence-electron chi connectivity index (χ2n) is 7.67. The van der Waals surface area contributed by atoms with Crippen molar-refractivity contribution in [1.29, 1.82) is 0 Å². The van der Waals surface area contributed by atoms with Gasteiger partial charge in [0.2, 0.25) is 0 Å². The summed E-state index contributed by atoms with van der Waals surface area (Å²) in [5.41, 5.74) is 2.47. The van der Waals surface area contributed by atoms with Gasteiger partial charge in [0.25, 0.3) is 0 Å². The van der Waals surface area contributed by atoms with Crippen molar-refractivity contribution in [3.8, 4) is 0 Å². The average Bonchev–Trinajstić information content (AvgIpc) is 3.55. The topological polar surface area (TPSA) is 48.9 Å². The molecule has 6 heteroatoms. The first-order chi connectivity index (χ1) is 14.2. The highest BCUT2D eigenvalue weighted by atomic mass is 19.1. The smallest absolute Gasteiger partial charge is 0.191 e. The molecule has 3 atom stereocenters. The van der Waals surface area contributed by atoms with E-state index in [-0.39, 0.29) is 11.9 Å². The number of rotatable bonds is 6. The number of hydrogen-bond donors (Lipinski definition) is 2. The molecule has 2 aromatic carbocycles. The first-order valence-electron chi connectivity index (χ1n) is 10.3. The number of halogens is 1. The van der Waals surface area contributed by atoms with E-state index in [0.29, 0.717) is 18.5 Å². The molecule has 0 spiro atoms. The molecule has 1 aliphatic carbocycles. The molecular weight excluding hydrogens is 367 g/mol. The fraction of sp³-hybridized carbons (Fsp3) is 0.435. The summed E-state index contributed by atoms with van der Waals surface area (Å²) in [5, 5.41) is 7.03. The fourth-order valence-corrected chi connectivity index (χ4v) is 4.02. The normalized spacial score (nSPS) is 23.4. The molecule has 1 aliphatic heterocycles. The highest BCUT2D eigenvalue weighted by Crippen LogP contribution is 2.40. The molecule has 0 radical (unpaired) electrons. The van der Waals surface area contributed by atoms with Crippen molar-refractivity contribution >= 4 is 5.96 Å². The van der Waals surface area contributed by atoms with E-state index in [1.54, 1.807) is 7.05 Å². The van der Waals surface area contributed by atoms with Crippen molar-refractivity contribution in [3.05, 3.63) is 71.5 Å². The van der Waals surface area contributed by atoms with Gasteiger partial charge in [0.1, 0.15) is 5.82 Å². The number of nitrogens with zero attached hydrogens (tertiary/aromatic N) is 2. The molecule has 0 bridgehead atoms. The Morgan fingerprint density at radius 3 is 2.55 bits per heavy atom. The van der Waals surface area contributed by atoms with E-state index in [2.05, 4.69) is 50.9 Å². The van der Waals surface area contributed by atoms with Gasteiger partial charge in [-0.2, -0.15) is 0 Å². The maximum Gasteiger partial charge on any atom is 0.191 e. The van der Waals surface area contributed by atoms with Crippen LogP contribution in [-0.4, -0.2) is 56.8 Å². The molecule has 154 valence electrons. The third-order valence-corrected chi connectivity index (χ3v) is 5.77. The number of hydrogen-bond acceptors (Lipinski definition) is 3. The quantitative estimate of drug-likeness (QED) is 0.582. The second-order valence-corrected chi connectivity index (χ2v) is 7.67. The van der Waals surface area contributed by atoms with E-state index < -0.39 is 0 Å². The molecule has 1 saturated heterocycles. The molecule has 2 aromatic rings. The third kappa shape index (κ3) is 5.14. The van der Waals surface area contributed by atoms with Gasteiger partial charge in [-0.25, -0.2) is 4.39 Å². The lowest BCUT2D eigenvalue weighted by atomic mass is 10.0. The van der Waals surface area contributed by atoms with Gasteiger partial charge in [0, 0.05) is 38.6 Å². The molecule has 2 aliphatic rings. The molecule has 0 amide bonds. The Bertz CT molecular complexity index is 805. The number of ether oxygens (including phenoxy) is 1. The van der Waals surface area contributed by atoms with Gasteiger partial charge in [-0.3, -0.25) is 9.89 Å². The SMILES string of the molecule is CN=C(NCC(c1ccc(F)cc1)N1CCOCC1)NC1CC1c1ccccc1. The van der Waals surface area contributed by atoms with Gasteiger partial charge in [0.15, 0.2) is 5.96 Å². The van der Waals surface area contributed by atoms with Crippen LogP contribution in [0.4, 0.5) is 4.39 Å². The molecule has 2 fully saturated rings. The van der Waals surface area contributed by atoms with Gasteiger partial charge in [-0.1, -0.05) is 42.5 Å². The lowest BCUT2D eigenvalue weighted by Gasteiger charge is -2.35. The van der Waals surface area contributed by atoms with Crippen molar-refractivity contribution in [2.75, 3.05) is 39.9 Å². The molecule has 2 N–H and O–H groups in total. The first-order valence-corrected chi connectivity index (χ1v) is 10.3. The fourth-order valence-electron chi connectivity index (χ4n) is 4.02. The van der Waals surface area contributed by atoms with Gasteiger partial charge in [-0.15, -0.1) is 0 Å². The van der Waals surface area contributed by atoms with Gasteiger partial charge < -0.3 is 15.4 Å². The van der Waals surface area contributed by atoms with E-state index in [4.69, 9.17) is 4.74 Å². The monoisotopic (exact) mass is 396 g/mol. The Morgan fingerprint density at radius 1 is 1.14 bits per heavy atom. The van der Waals surface area contributed by atoms with Crippen LogP contribution in [0.15, 0.2) is 59.6 Å². The van der Waals surface area contributed by atoms with Gasteiger partial charge in [0.05, 0.1) is 19.3 Å². The van der Waals surface area contributed by atoms with Crippen LogP contribution in [0.1, 0.15) is 29.5 Å². The molecule has 3 unspecified atom stereocenters. The van der Waals surface area contributed by atoms with Crippen molar-refractivity contribution in [2.45, 2.75) is 24.4 Å². The maximum atomic E-state index is 13.4. The highest BCUT2D eigenvalue weighted by molar-refractivity contribution is 5.80. The Labute approximate surface area is 172 Å². The Kier molecular flexibility index (Phi) is 6.42. The molecule has 1 heterocycles. The van der Waals surface area contributed by atoms with E-state index in [9.17, 15) is 4.39 Å². The number of morpholine rings is 1. The zero-order chi connectivity index (χ0) is 20.1. The first kappa shape index (κ1) is 19.9. The minimum Gasteiger partial charge on any atom is -0.379 e. The van der Waals surface area contributed by atoms with Crippen molar-refractivity contribution < 1.29 is 9.13 Å². The zero-order valence-electron chi connectivity index (χ0n) is 16.9. The van der Waals surface area contributed by atoms with Crippen molar-refractivity contribution in [1.82, 2.24) is 15.5 Å². The summed E-state index contributed by atoms with van der Waals surface area (Å²) >= 11 is 0. The summed E-state index contributed by atoms with van der Waals surface area (Å²) in [6.45, 7) is 3.90. The van der Waals surface area contributed by atoms with E-state index in [1.807, 2.05) is 12.1 Å². The summed E-state index contributed by atoms with van der Waals surface area (Å²) in [5.74, 6) is 1.15. The van der Waals surface area contributed by atoms with Crippen molar-refractivity contribution in [2.24, 2.45) is 4.99 Å². The number of aliphatic imine (C=N–C) groups is 1. The van der Waals surface area contributed by atoms with Crippen molar-refractivity contribution in [3.63, 3.8) is 0 Å². The molecule has 29 heavy (non-hydrogen) atoms. The number of guanidine groups is 1. The Balaban J connectivity index is 1.37. The van der Waals surface area contributed by atoms with E-state index >= 15 is 0 Å². The Morgan fingerprint density at radius 2 is 1.86 bits per heavy atom. The summed E-state index contributed by atoms with van der Waals surface area (Å²) < 4.78 is 18.9. The summed E-state index contributed by atoms with van der Waals surface area (Å²) in [7, 11) is 1.80. The lowest BCUT2D eigenvalue weighted by Crippen LogP contribution is -2.46. The van der Waals surface area contributed by atoms with Crippen LogP contribution in [0.3, 0.4) is 0 Å². The lowest BCUT2D eigenvalue weighted by molar-refractivity contribution is 0.0170. The van der Waals surface area contributed by atoms with Crippen LogP contribution in [0.25, 0.3) is 0 Å². The van der Waals surface area contributed by atoms with Gasteiger partial charge >= 0.3 is 0 Å². The van der Waals surface area contributed by atoms with Crippen LogP contribution < -0.4 is 10.6 Å². The summed E-state index contributed by atoms with van der Waals surface area (Å²) in [6, 6.07) is 18.0. The molecule has 0 aromatic heterocycles. The molecular formula is C23H29FN4O. The van der Waals surface area contributed by atoms with Crippen LogP contribution in [0.5, 0.6) is 0 Å². The van der Waals surface area contributed by atoms with Crippen LogP contribution >= 0.6 is 0 Å². The maximum absolute atomic E-state index is 13.4. The van der Waals surface area contributed by atoms with E-state index in [1.165, 1.54) is 17.7 Å². The second kappa shape index (κ2) is 9.37. The van der Waals surface area contributed by atoms with Crippen LogP contribution in [0, 0.1) is 5.82 Å². The predicted octanol–water partition coefficient (Wildman–Crippen LogP) is 2.92. The largest absolute Gasteiger partial charge is 0.379 e. The van der Waals surface area contributed by atoms with E-state index in [0.717, 1.165) is 44.2 Å². The molecule has 1 saturated carbocycles. The molecule has 4 rings (SSSR count). The van der Waals surface area contributed by atoms with Crippen LogP contribution in [-0.2, 0) is 4.74 Å². The minimum absolute atomic E-state index is 0.141. The molecule has 5 nitrogen and oxygen atoms in total. The summed E-state index contributed by atoms with van der Waals surface area (Å²) in [6.07, 6.45) is 1.12.